The minimum absolute atomic E-state index is 0.346. The zero-order valence-corrected chi connectivity index (χ0v) is 22.1. The Balaban J connectivity index is 1.24. The average Bonchev–Trinajstić information content (AvgIpc) is 3.29. The summed E-state index contributed by atoms with van der Waals surface area (Å²) in [5, 5.41) is 0. The van der Waals surface area contributed by atoms with Crippen LogP contribution in [0.5, 0.6) is 17.4 Å². The molecule has 0 saturated carbocycles. The number of carbonyl (C=O) groups is 1. The van der Waals surface area contributed by atoms with Gasteiger partial charge in [0.05, 0.1) is 36.6 Å². The summed E-state index contributed by atoms with van der Waals surface area (Å²) < 4.78 is 48.9. The maximum atomic E-state index is 12.6. The van der Waals surface area contributed by atoms with E-state index in [4.69, 9.17) is 18.9 Å². The van der Waals surface area contributed by atoms with Gasteiger partial charge in [0.15, 0.2) is 11.5 Å². The highest BCUT2D eigenvalue weighted by Gasteiger charge is 2.33. The molecule has 0 unspecified atom stereocenters. The van der Waals surface area contributed by atoms with Crippen molar-refractivity contribution in [1.29, 1.82) is 0 Å². The molecule has 38 heavy (non-hydrogen) atoms. The SMILES string of the molecule is COc1ccc2nccc(CC[C@H](CC[C@@H]3CN(c4ccc5c(c4)OCCO5)C(=O)O3)NS(C)(=O)=O)c2n1. The van der Waals surface area contributed by atoms with Gasteiger partial charge in [0.2, 0.25) is 15.9 Å². The van der Waals surface area contributed by atoms with Crippen LogP contribution < -0.4 is 23.8 Å². The third kappa shape index (κ3) is 6.08. The quantitative estimate of drug-likeness (QED) is 0.411. The Labute approximate surface area is 221 Å². The smallest absolute Gasteiger partial charge is 0.414 e. The highest BCUT2D eigenvalue weighted by molar-refractivity contribution is 7.88. The van der Waals surface area contributed by atoms with Crippen molar-refractivity contribution in [2.45, 2.75) is 37.8 Å². The van der Waals surface area contributed by atoms with Crippen LogP contribution in [0.1, 0.15) is 24.8 Å². The largest absolute Gasteiger partial charge is 0.486 e. The number of sulfonamides is 1. The van der Waals surface area contributed by atoms with Gasteiger partial charge in [0.25, 0.3) is 0 Å². The Kier molecular flexibility index (Phi) is 7.52. The Bertz CT molecular complexity index is 1430. The highest BCUT2D eigenvalue weighted by Crippen LogP contribution is 2.35. The predicted octanol–water partition coefficient (Wildman–Crippen LogP) is 3.07. The summed E-state index contributed by atoms with van der Waals surface area (Å²) >= 11 is 0. The number of nitrogens with zero attached hydrogens (tertiary/aromatic N) is 3. The number of benzene rings is 1. The fourth-order valence-corrected chi connectivity index (χ4v) is 5.58. The molecule has 0 radical (unpaired) electrons. The normalized spacial score (nSPS) is 17.9. The number of pyridine rings is 2. The Hall–Kier alpha value is -3.64. The average molecular weight is 543 g/mol. The minimum atomic E-state index is -3.44. The first-order valence-corrected chi connectivity index (χ1v) is 14.3. The molecule has 5 rings (SSSR count). The molecule has 2 aliphatic rings. The summed E-state index contributed by atoms with van der Waals surface area (Å²) in [7, 11) is -1.89. The van der Waals surface area contributed by atoms with Gasteiger partial charge in [-0.25, -0.2) is 22.9 Å². The number of aryl methyl sites for hydroxylation is 1. The molecule has 1 saturated heterocycles. The van der Waals surface area contributed by atoms with Crippen LogP contribution in [0.15, 0.2) is 42.6 Å². The molecule has 1 fully saturated rings. The number of amides is 1. The van der Waals surface area contributed by atoms with E-state index in [9.17, 15) is 13.2 Å². The monoisotopic (exact) mass is 542 g/mol. The summed E-state index contributed by atoms with van der Waals surface area (Å²) in [5.74, 6) is 1.73. The van der Waals surface area contributed by atoms with Crippen LogP contribution in [0.25, 0.3) is 11.0 Å². The number of carbonyl (C=O) groups excluding carboxylic acids is 1. The van der Waals surface area contributed by atoms with E-state index in [2.05, 4.69) is 14.7 Å². The van der Waals surface area contributed by atoms with Crippen molar-refractivity contribution in [2.75, 3.05) is 38.0 Å². The third-order valence-electron chi connectivity index (χ3n) is 6.54. The standard InChI is InChI=1S/C26H30N4O7S/c1-34-24-10-8-21-25(28-24)17(11-12-27-21)3-4-18(29-38(2,32)33)5-7-20-16-30(26(31)37-20)19-6-9-22-23(15-19)36-14-13-35-22/h6,8-12,15,18,20,29H,3-5,7,13-14,16H2,1-2H3/t18-,20-/m1/s1. The number of hydrogen-bond donors (Lipinski definition) is 1. The van der Waals surface area contributed by atoms with Crippen LogP contribution in [0.3, 0.4) is 0 Å². The molecule has 2 atom stereocenters. The second kappa shape index (κ2) is 11.0. The molecule has 202 valence electrons. The van der Waals surface area contributed by atoms with Gasteiger partial charge in [0.1, 0.15) is 19.3 Å². The van der Waals surface area contributed by atoms with Gasteiger partial charge in [-0.1, -0.05) is 0 Å². The number of cyclic esters (lactones) is 1. The highest BCUT2D eigenvalue weighted by atomic mass is 32.2. The molecule has 4 heterocycles. The number of methoxy groups -OCH3 is 1. The van der Waals surface area contributed by atoms with Crippen LogP contribution in [0.4, 0.5) is 10.5 Å². The van der Waals surface area contributed by atoms with Crippen LogP contribution in [0.2, 0.25) is 0 Å². The number of fused-ring (bicyclic) bond motifs is 2. The van der Waals surface area contributed by atoms with Crippen molar-refractivity contribution < 1.29 is 32.2 Å². The second-order valence-corrected chi connectivity index (χ2v) is 11.1. The van der Waals surface area contributed by atoms with Crippen molar-refractivity contribution in [2.24, 2.45) is 0 Å². The number of anilines is 1. The van der Waals surface area contributed by atoms with Crippen LogP contribution in [-0.4, -0.2) is 69.7 Å². The fraction of sp³-hybridized carbons (Fsp3) is 0.423. The van der Waals surface area contributed by atoms with Crippen LogP contribution >= 0.6 is 0 Å². The third-order valence-corrected chi connectivity index (χ3v) is 7.30. The molecule has 1 aromatic carbocycles. The molecule has 0 spiro atoms. The fourth-order valence-electron chi connectivity index (χ4n) is 4.74. The summed E-state index contributed by atoms with van der Waals surface area (Å²) in [6, 6.07) is 10.5. The lowest BCUT2D eigenvalue weighted by atomic mass is 10.0. The van der Waals surface area contributed by atoms with Gasteiger partial charge in [-0.05, 0) is 55.5 Å². The molecule has 0 bridgehead atoms. The van der Waals surface area contributed by atoms with E-state index in [0.29, 0.717) is 68.5 Å². The Morgan fingerprint density at radius 2 is 1.95 bits per heavy atom. The zero-order chi connectivity index (χ0) is 26.7. The predicted molar refractivity (Wildman–Crippen MR) is 140 cm³/mol. The summed E-state index contributed by atoms with van der Waals surface area (Å²) in [5.41, 5.74) is 3.09. The van der Waals surface area contributed by atoms with Crippen molar-refractivity contribution in [3.8, 4) is 17.4 Å². The topological polar surface area (TPSA) is 129 Å². The molecule has 0 aliphatic carbocycles. The second-order valence-electron chi connectivity index (χ2n) is 9.34. The van der Waals surface area contributed by atoms with E-state index < -0.39 is 16.1 Å². The zero-order valence-electron chi connectivity index (χ0n) is 21.3. The van der Waals surface area contributed by atoms with Gasteiger partial charge >= 0.3 is 6.09 Å². The van der Waals surface area contributed by atoms with Crippen molar-refractivity contribution in [1.82, 2.24) is 14.7 Å². The number of rotatable bonds is 10. The van der Waals surface area contributed by atoms with E-state index in [0.717, 1.165) is 22.9 Å². The van der Waals surface area contributed by atoms with Crippen LogP contribution in [-0.2, 0) is 21.2 Å². The van der Waals surface area contributed by atoms with Crippen molar-refractivity contribution in [3.63, 3.8) is 0 Å². The number of nitrogens with one attached hydrogen (secondary N) is 1. The van der Waals surface area contributed by atoms with Gasteiger partial charge in [-0.2, -0.15) is 0 Å². The molecule has 1 amide bonds. The molecule has 12 heteroatoms. The van der Waals surface area contributed by atoms with E-state index in [-0.39, 0.29) is 12.1 Å². The van der Waals surface area contributed by atoms with E-state index >= 15 is 0 Å². The van der Waals surface area contributed by atoms with E-state index in [1.807, 2.05) is 12.1 Å². The van der Waals surface area contributed by atoms with E-state index in [1.165, 1.54) is 0 Å². The van der Waals surface area contributed by atoms with Gasteiger partial charge in [0, 0.05) is 24.4 Å². The molecular formula is C26H30N4O7S. The lowest BCUT2D eigenvalue weighted by Crippen LogP contribution is -2.35. The summed E-state index contributed by atoms with van der Waals surface area (Å²) in [6.45, 7) is 1.31. The maximum Gasteiger partial charge on any atom is 0.414 e. The number of hydrogen-bond acceptors (Lipinski definition) is 9. The van der Waals surface area contributed by atoms with Crippen molar-refractivity contribution >= 4 is 32.8 Å². The molecule has 1 N–H and O–H groups in total. The lowest BCUT2D eigenvalue weighted by Gasteiger charge is -2.21. The summed E-state index contributed by atoms with van der Waals surface area (Å²) in [6.07, 6.45) is 4.18. The maximum absolute atomic E-state index is 12.6. The van der Waals surface area contributed by atoms with Gasteiger partial charge < -0.3 is 18.9 Å². The molecule has 2 aromatic heterocycles. The first-order valence-electron chi connectivity index (χ1n) is 12.4. The molecule has 3 aromatic rings. The minimum Gasteiger partial charge on any atom is -0.486 e. The first-order chi connectivity index (χ1) is 18.3. The molecule has 2 aliphatic heterocycles. The first kappa shape index (κ1) is 26.0. The molecular weight excluding hydrogens is 512 g/mol. The number of ether oxygens (including phenoxy) is 4. The van der Waals surface area contributed by atoms with Crippen LogP contribution in [0, 0.1) is 0 Å². The Morgan fingerprint density at radius 1 is 1.13 bits per heavy atom. The molecule has 11 nitrogen and oxygen atoms in total. The summed E-state index contributed by atoms with van der Waals surface area (Å²) in [4.78, 5) is 23.1. The van der Waals surface area contributed by atoms with Crippen molar-refractivity contribution in [3.05, 3.63) is 48.2 Å². The Morgan fingerprint density at radius 3 is 2.74 bits per heavy atom. The number of aromatic nitrogens is 2. The van der Waals surface area contributed by atoms with E-state index in [1.54, 1.807) is 42.5 Å². The van der Waals surface area contributed by atoms with Gasteiger partial charge in [-0.3, -0.25) is 9.88 Å². The van der Waals surface area contributed by atoms with Gasteiger partial charge in [-0.15, -0.1) is 0 Å². The lowest BCUT2D eigenvalue weighted by molar-refractivity contribution is 0.133.